The van der Waals surface area contributed by atoms with E-state index in [0.29, 0.717) is 0 Å². The van der Waals surface area contributed by atoms with Crippen LogP contribution in [0.3, 0.4) is 0 Å². The van der Waals surface area contributed by atoms with E-state index in [0.717, 1.165) is 48.4 Å². The zero-order valence-electron chi connectivity index (χ0n) is 35.9. The van der Waals surface area contributed by atoms with E-state index < -0.39 is 0 Å². The first kappa shape index (κ1) is 37.8. The molecule has 13 rings (SSSR count). The average Bonchev–Trinajstić information content (AvgIpc) is 3.92. The standard InChI is InChI=1S/C62H44N2S/c1-2-16-42(17-3-1)48-36-32-45(54-39-44-18-4-5-19-47(44)49-20-6-7-21-50(49)54)40-60(48)63(46-34-30-41(31-35-46)43-33-37-62-55(38-43)53-24-10-15-29-61(53)65-62)58-27-13-14-28-59(58)64-56-25-11-8-22-51(56)52-23-9-12-26-57(52)64/h1-3,5-17,19-32,34-36,38-40H,4,18,33,37H2. The Labute approximate surface area is 383 Å². The second kappa shape index (κ2) is 15.5. The van der Waals surface area contributed by atoms with Crippen molar-refractivity contribution in [1.82, 2.24) is 4.57 Å². The number of rotatable bonds is 7. The summed E-state index contributed by atoms with van der Waals surface area (Å²) in [5.74, 6) is 0. The Balaban J connectivity index is 1.06. The van der Waals surface area contributed by atoms with Crippen LogP contribution in [0.15, 0.2) is 206 Å². The molecule has 3 heteroatoms. The van der Waals surface area contributed by atoms with Gasteiger partial charge in [-0.1, -0.05) is 158 Å². The lowest BCUT2D eigenvalue weighted by molar-refractivity contribution is 0.990. The second-order valence-electron chi connectivity index (χ2n) is 17.4. The normalized spacial score (nSPS) is 13.3. The van der Waals surface area contributed by atoms with E-state index in [1.807, 2.05) is 11.3 Å². The predicted octanol–water partition coefficient (Wildman–Crippen LogP) is 17.4. The molecule has 2 nitrogen and oxygen atoms in total. The van der Waals surface area contributed by atoms with E-state index in [1.54, 1.807) is 0 Å². The van der Waals surface area contributed by atoms with Crippen molar-refractivity contribution in [3.8, 4) is 27.9 Å². The molecule has 2 heterocycles. The maximum atomic E-state index is 2.53. The van der Waals surface area contributed by atoms with E-state index >= 15 is 0 Å². The van der Waals surface area contributed by atoms with Gasteiger partial charge in [-0.2, -0.15) is 0 Å². The molecule has 2 aromatic heterocycles. The summed E-state index contributed by atoms with van der Waals surface area (Å²) < 4.78 is 3.84. The summed E-state index contributed by atoms with van der Waals surface area (Å²) in [6.45, 7) is 0. The molecule has 0 unspecified atom stereocenters. The van der Waals surface area contributed by atoms with Crippen LogP contribution in [0.4, 0.5) is 17.1 Å². The van der Waals surface area contributed by atoms with Crippen LogP contribution >= 0.6 is 11.3 Å². The van der Waals surface area contributed by atoms with Gasteiger partial charge in [0.15, 0.2) is 0 Å². The SMILES string of the molecule is C1=Cc2c(cc(-c3ccc(-c4ccccc4)c(N(c4ccc(C5=Cc6c(sc7ccccc67)CC5)cc4)c4ccccc4-n4c5ccccc5c5ccccc54)c3)c3ccccc23)CC1. The lowest BCUT2D eigenvalue weighted by atomic mass is 9.86. The summed E-state index contributed by atoms with van der Waals surface area (Å²) in [4.78, 5) is 4.02. The van der Waals surface area contributed by atoms with Gasteiger partial charge in [-0.05, 0) is 147 Å². The zero-order valence-corrected chi connectivity index (χ0v) is 36.7. The highest BCUT2D eigenvalue weighted by atomic mass is 32.1. The summed E-state index contributed by atoms with van der Waals surface area (Å²) >= 11 is 1.95. The molecule has 308 valence electrons. The molecular formula is C62H44N2S. The van der Waals surface area contributed by atoms with Crippen LogP contribution in [0.5, 0.6) is 0 Å². The second-order valence-corrected chi connectivity index (χ2v) is 18.6. The summed E-state index contributed by atoms with van der Waals surface area (Å²) in [6, 6.07) is 74.4. The highest BCUT2D eigenvalue weighted by Crippen LogP contribution is 2.48. The van der Waals surface area contributed by atoms with Crippen LogP contribution in [0, 0.1) is 0 Å². The van der Waals surface area contributed by atoms with Gasteiger partial charge < -0.3 is 9.47 Å². The summed E-state index contributed by atoms with van der Waals surface area (Å²) in [7, 11) is 0. The Hall–Kier alpha value is -7.72. The van der Waals surface area contributed by atoms with Gasteiger partial charge in [-0.3, -0.25) is 0 Å². The van der Waals surface area contributed by atoms with E-state index in [9.17, 15) is 0 Å². The van der Waals surface area contributed by atoms with E-state index in [-0.39, 0.29) is 0 Å². The third-order valence-corrected chi connectivity index (χ3v) is 15.0. The number of fused-ring (bicyclic) bond motifs is 9. The first-order chi connectivity index (χ1) is 32.2. The van der Waals surface area contributed by atoms with Gasteiger partial charge >= 0.3 is 0 Å². The number of thiophene rings is 1. The van der Waals surface area contributed by atoms with Crippen molar-refractivity contribution < 1.29 is 0 Å². The van der Waals surface area contributed by atoms with Crippen LogP contribution in [-0.4, -0.2) is 4.57 Å². The molecule has 0 amide bonds. The van der Waals surface area contributed by atoms with Gasteiger partial charge in [0, 0.05) is 31.6 Å². The Morgan fingerprint density at radius 1 is 0.446 bits per heavy atom. The number of nitrogens with zero attached hydrogens (tertiary/aromatic N) is 2. The molecular weight excluding hydrogens is 805 g/mol. The molecule has 65 heavy (non-hydrogen) atoms. The first-order valence-electron chi connectivity index (χ1n) is 22.9. The van der Waals surface area contributed by atoms with E-state index in [1.165, 1.54) is 97.6 Å². The summed E-state index contributed by atoms with van der Waals surface area (Å²) in [5, 5.41) is 6.45. The van der Waals surface area contributed by atoms with Crippen molar-refractivity contribution in [1.29, 1.82) is 0 Å². The van der Waals surface area contributed by atoms with Gasteiger partial charge in [-0.25, -0.2) is 0 Å². The van der Waals surface area contributed by atoms with Gasteiger partial charge in [0.2, 0.25) is 0 Å². The third kappa shape index (κ3) is 6.30. The monoisotopic (exact) mass is 848 g/mol. The molecule has 2 aliphatic rings. The van der Waals surface area contributed by atoms with Crippen molar-refractivity contribution in [3.05, 3.63) is 233 Å². The molecule has 0 spiro atoms. The molecule has 0 aliphatic heterocycles. The molecule has 0 radical (unpaired) electrons. The number of benzene rings is 9. The Bertz CT molecular complexity index is 3660. The predicted molar refractivity (Wildman–Crippen MR) is 279 cm³/mol. The molecule has 0 fully saturated rings. The molecule has 9 aromatic carbocycles. The lowest BCUT2D eigenvalue weighted by Gasteiger charge is -2.31. The van der Waals surface area contributed by atoms with Crippen LogP contribution in [0.2, 0.25) is 0 Å². The minimum Gasteiger partial charge on any atom is -0.308 e. The number of allylic oxidation sites excluding steroid dienone is 2. The van der Waals surface area contributed by atoms with Crippen molar-refractivity contribution in [2.24, 2.45) is 0 Å². The molecule has 0 saturated heterocycles. The fraction of sp³-hybridized carbons (Fsp3) is 0.0645. The average molecular weight is 849 g/mol. The van der Waals surface area contributed by atoms with Crippen LogP contribution in [0.1, 0.15) is 40.0 Å². The minimum atomic E-state index is 1.03. The highest BCUT2D eigenvalue weighted by molar-refractivity contribution is 7.19. The summed E-state index contributed by atoms with van der Waals surface area (Å²) in [5.41, 5.74) is 18.5. The Morgan fingerprint density at radius 2 is 1.11 bits per heavy atom. The van der Waals surface area contributed by atoms with Crippen molar-refractivity contribution in [2.45, 2.75) is 25.7 Å². The number of hydrogen-bond donors (Lipinski definition) is 0. The first-order valence-corrected chi connectivity index (χ1v) is 23.7. The van der Waals surface area contributed by atoms with Crippen molar-refractivity contribution in [2.75, 3.05) is 4.90 Å². The number of anilines is 3. The number of para-hydroxylation sites is 4. The number of hydrogen-bond acceptors (Lipinski definition) is 2. The lowest BCUT2D eigenvalue weighted by Crippen LogP contribution is -2.14. The fourth-order valence-corrected chi connectivity index (χ4v) is 11.9. The highest BCUT2D eigenvalue weighted by Gasteiger charge is 2.25. The number of aryl methyl sites for hydroxylation is 2. The van der Waals surface area contributed by atoms with Crippen LogP contribution < -0.4 is 4.90 Å². The van der Waals surface area contributed by atoms with E-state index in [2.05, 4.69) is 228 Å². The maximum absolute atomic E-state index is 2.53. The zero-order chi connectivity index (χ0) is 42.8. The number of aromatic nitrogens is 1. The largest absolute Gasteiger partial charge is 0.308 e. The van der Waals surface area contributed by atoms with Gasteiger partial charge in [0.1, 0.15) is 0 Å². The maximum Gasteiger partial charge on any atom is 0.0702 e. The van der Waals surface area contributed by atoms with Gasteiger partial charge in [-0.15, -0.1) is 11.3 Å². The molecule has 2 aliphatic carbocycles. The minimum absolute atomic E-state index is 1.03. The van der Waals surface area contributed by atoms with Crippen LogP contribution in [-0.2, 0) is 12.8 Å². The Morgan fingerprint density at radius 3 is 1.91 bits per heavy atom. The fourth-order valence-electron chi connectivity index (χ4n) is 10.7. The molecule has 0 N–H and O–H groups in total. The van der Waals surface area contributed by atoms with Crippen molar-refractivity contribution >= 4 is 88.8 Å². The quantitative estimate of drug-likeness (QED) is 0.155. The molecule has 0 atom stereocenters. The molecule has 0 bridgehead atoms. The third-order valence-electron chi connectivity index (χ3n) is 13.8. The smallest absolute Gasteiger partial charge is 0.0702 e. The van der Waals surface area contributed by atoms with Gasteiger partial charge in [0.25, 0.3) is 0 Å². The Kier molecular flexibility index (Phi) is 9.02. The van der Waals surface area contributed by atoms with Crippen LogP contribution in [0.25, 0.3) is 88.3 Å². The summed E-state index contributed by atoms with van der Waals surface area (Å²) in [6.07, 6.45) is 11.3. The van der Waals surface area contributed by atoms with E-state index in [4.69, 9.17) is 0 Å². The molecule has 0 saturated carbocycles. The van der Waals surface area contributed by atoms with Gasteiger partial charge in [0.05, 0.1) is 28.1 Å². The molecule has 11 aromatic rings. The van der Waals surface area contributed by atoms with Crippen molar-refractivity contribution in [3.63, 3.8) is 0 Å². The topological polar surface area (TPSA) is 8.17 Å².